The van der Waals surface area contributed by atoms with Crippen LogP contribution in [0.4, 0.5) is 13.2 Å². The quantitative estimate of drug-likeness (QED) is 0.824. The smallest absolute Gasteiger partial charge is 0.422 e. The minimum Gasteiger partial charge on any atom is -0.468 e. The second-order valence-electron chi connectivity index (χ2n) is 5.85. The molecule has 1 saturated heterocycles. The summed E-state index contributed by atoms with van der Waals surface area (Å²) in [5, 5.41) is 2.78. The summed E-state index contributed by atoms with van der Waals surface area (Å²) in [5.74, 6) is -0.667. The fourth-order valence-electron chi connectivity index (χ4n) is 2.46. The van der Waals surface area contributed by atoms with Crippen molar-refractivity contribution in [2.45, 2.75) is 50.9 Å². The van der Waals surface area contributed by atoms with E-state index >= 15 is 0 Å². The lowest BCUT2D eigenvalue weighted by molar-refractivity contribution is -0.154. The molecule has 0 radical (unpaired) electrons. The van der Waals surface area contributed by atoms with E-state index in [0.29, 0.717) is 0 Å². The van der Waals surface area contributed by atoms with Crippen LogP contribution in [0.1, 0.15) is 43.1 Å². The number of nitrogens with zero attached hydrogens (tertiary/aromatic N) is 1. The number of pyridine rings is 1. The zero-order chi connectivity index (χ0) is 17.6. The molecule has 5 nitrogen and oxygen atoms in total. The van der Waals surface area contributed by atoms with E-state index in [2.05, 4.69) is 15.0 Å². The van der Waals surface area contributed by atoms with E-state index in [4.69, 9.17) is 4.74 Å². The first-order valence-electron chi connectivity index (χ1n) is 7.92. The first kappa shape index (κ1) is 18.5. The normalized spacial score (nSPS) is 19.1. The zero-order valence-electron chi connectivity index (χ0n) is 13.4. The molecule has 2 rings (SSSR count). The van der Waals surface area contributed by atoms with Crippen molar-refractivity contribution in [3.63, 3.8) is 0 Å². The molecule has 1 fully saturated rings. The maximum atomic E-state index is 12.1. The summed E-state index contributed by atoms with van der Waals surface area (Å²) in [6, 6.07) is 4.07. The van der Waals surface area contributed by atoms with Gasteiger partial charge in [0, 0.05) is 18.7 Å². The van der Waals surface area contributed by atoms with Crippen LogP contribution in [-0.4, -0.2) is 42.4 Å². The molecule has 0 unspecified atom stereocenters. The lowest BCUT2D eigenvalue weighted by Gasteiger charge is -2.16. The molecule has 8 heteroatoms. The number of halogens is 3. The van der Waals surface area contributed by atoms with Crippen molar-refractivity contribution in [3.05, 3.63) is 23.9 Å². The van der Waals surface area contributed by atoms with Gasteiger partial charge in [-0.05, 0) is 38.7 Å². The number of carbonyl (C=O) groups excluding carboxylic acids is 1. The fourth-order valence-corrected chi connectivity index (χ4v) is 2.46. The summed E-state index contributed by atoms with van der Waals surface area (Å²) >= 11 is 0. The maximum Gasteiger partial charge on any atom is 0.422 e. The molecule has 2 heterocycles. The summed E-state index contributed by atoms with van der Waals surface area (Å²) < 4.78 is 46.5. The van der Waals surface area contributed by atoms with Crippen LogP contribution in [0.5, 0.6) is 5.88 Å². The minimum atomic E-state index is -4.45. The Morgan fingerprint density at radius 3 is 2.96 bits per heavy atom. The molecule has 1 aliphatic rings. The van der Waals surface area contributed by atoms with Crippen molar-refractivity contribution in [2.24, 2.45) is 0 Å². The van der Waals surface area contributed by atoms with E-state index in [9.17, 15) is 18.0 Å². The van der Waals surface area contributed by atoms with Crippen LogP contribution in [-0.2, 0) is 4.74 Å². The molecule has 1 N–H and O–H groups in total. The highest BCUT2D eigenvalue weighted by atomic mass is 19.4. The number of hydrogen-bond donors (Lipinski definition) is 1. The first-order valence-corrected chi connectivity index (χ1v) is 7.92. The second kappa shape index (κ2) is 8.32. The Morgan fingerprint density at radius 2 is 2.29 bits per heavy atom. The molecule has 0 saturated carbocycles. The monoisotopic (exact) mass is 346 g/mol. The van der Waals surface area contributed by atoms with E-state index in [1.54, 1.807) is 0 Å². The Morgan fingerprint density at radius 1 is 1.50 bits per heavy atom. The van der Waals surface area contributed by atoms with E-state index in [1.807, 2.05) is 6.92 Å². The number of carbonyl (C=O) groups is 1. The molecule has 1 aromatic heterocycles. The van der Waals surface area contributed by atoms with Crippen LogP contribution >= 0.6 is 0 Å². The molecular weight excluding hydrogens is 325 g/mol. The third kappa shape index (κ3) is 6.35. The third-order valence-corrected chi connectivity index (χ3v) is 3.66. The SMILES string of the molecule is C[C@H](CC[C@@H]1CCCO1)NC(=O)c1cccc(OCC(F)(F)F)n1. The van der Waals surface area contributed by atoms with Gasteiger partial charge in [0.15, 0.2) is 6.61 Å². The van der Waals surface area contributed by atoms with Crippen molar-refractivity contribution >= 4 is 5.91 Å². The lowest BCUT2D eigenvalue weighted by Crippen LogP contribution is -2.33. The Bertz CT molecular complexity index is 546. The molecule has 0 bridgehead atoms. The highest BCUT2D eigenvalue weighted by Crippen LogP contribution is 2.18. The number of nitrogens with one attached hydrogen (secondary N) is 1. The lowest BCUT2D eigenvalue weighted by atomic mass is 10.1. The average Bonchev–Trinajstić information content (AvgIpc) is 3.04. The summed E-state index contributed by atoms with van der Waals surface area (Å²) in [6.45, 7) is 1.22. The Kier molecular flexibility index (Phi) is 6.42. The van der Waals surface area contributed by atoms with Gasteiger partial charge in [0.05, 0.1) is 6.10 Å². The van der Waals surface area contributed by atoms with Gasteiger partial charge in [-0.15, -0.1) is 0 Å². The van der Waals surface area contributed by atoms with Gasteiger partial charge < -0.3 is 14.8 Å². The number of hydrogen-bond acceptors (Lipinski definition) is 4. The Balaban J connectivity index is 1.82. The second-order valence-corrected chi connectivity index (χ2v) is 5.85. The molecule has 1 aromatic rings. The molecule has 1 amide bonds. The van der Waals surface area contributed by atoms with E-state index in [0.717, 1.165) is 32.3 Å². The van der Waals surface area contributed by atoms with Crippen LogP contribution in [0.25, 0.3) is 0 Å². The molecule has 0 spiro atoms. The number of alkyl halides is 3. The molecule has 1 aliphatic heterocycles. The van der Waals surface area contributed by atoms with Gasteiger partial charge in [-0.1, -0.05) is 6.07 Å². The van der Waals surface area contributed by atoms with Crippen LogP contribution in [0.15, 0.2) is 18.2 Å². The number of amides is 1. The minimum absolute atomic E-state index is 0.0265. The van der Waals surface area contributed by atoms with Gasteiger partial charge in [-0.2, -0.15) is 13.2 Å². The van der Waals surface area contributed by atoms with Gasteiger partial charge in [0.2, 0.25) is 5.88 Å². The summed E-state index contributed by atoms with van der Waals surface area (Å²) in [5.41, 5.74) is 0.0265. The van der Waals surface area contributed by atoms with Crippen molar-refractivity contribution in [1.82, 2.24) is 10.3 Å². The van der Waals surface area contributed by atoms with Gasteiger partial charge >= 0.3 is 6.18 Å². The van der Waals surface area contributed by atoms with Gasteiger partial charge in [-0.3, -0.25) is 4.79 Å². The third-order valence-electron chi connectivity index (χ3n) is 3.66. The fraction of sp³-hybridized carbons (Fsp3) is 0.625. The van der Waals surface area contributed by atoms with Crippen molar-refractivity contribution in [2.75, 3.05) is 13.2 Å². The number of aromatic nitrogens is 1. The zero-order valence-corrected chi connectivity index (χ0v) is 13.4. The standard InChI is InChI=1S/C16H21F3N2O3/c1-11(7-8-12-4-3-9-23-12)20-15(22)13-5-2-6-14(21-13)24-10-16(17,18)19/h2,5-6,11-12H,3-4,7-10H2,1H3,(H,20,22)/t11-,12+/m1/s1. The van der Waals surface area contributed by atoms with Crippen LogP contribution in [0.2, 0.25) is 0 Å². The number of rotatable bonds is 7. The van der Waals surface area contributed by atoms with Gasteiger partial charge in [-0.25, -0.2) is 4.98 Å². The van der Waals surface area contributed by atoms with Crippen molar-refractivity contribution < 1.29 is 27.4 Å². The largest absolute Gasteiger partial charge is 0.468 e. The topological polar surface area (TPSA) is 60.5 Å². The van der Waals surface area contributed by atoms with Gasteiger partial charge in [0.1, 0.15) is 5.69 Å². The van der Waals surface area contributed by atoms with Crippen molar-refractivity contribution in [3.8, 4) is 5.88 Å². The molecule has 0 aliphatic carbocycles. The maximum absolute atomic E-state index is 12.1. The predicted octanol–water partition coefficient (Wildman–Crippen LogP) is 3.10. The van der Waals surface area contributed by atoms with E-state index in [-0.39, 0.29) is 23.7 Å². The van der Waals surface area contributed by atoms with Gasteiger partial charge in [0.25, 0.3) is 5.91 Å². The Labute approximate surface area is 138 Å². The van der Waals surface area contributed by atoms with E-state index < -0.39 is 18.7 Å². The van der Waals surface area contributed by atoms with Crippen LogP contribution in [0, 0.1) is 0 Å². The highest BCUT2D eigenvalue weighted by molar-refractivity contribution is 5.92. The predicted molar refractivity (Wildman–Crippen MR) is 80.9 cm³/mol. The summed E-state index contributed by atoms with van der Waals surface area (Å²) in [7, 11) is 0. The molecule has 2 atom stereocenters. The molecule has 134 valence electrons. The summed E-state index contributed by atoms with van der Waals surface area (Å²) in [4.78, 5) is 15.9. The Hall–Kier alpha value is -1.83. The van der Waals surface area contributed by atoms with Crippen molar-refractivity contribution in [1.29, 1.82) is 0 Å². The summed E-state index contributed by atoms with van der Waals surface area (Å²) in [6.07, 6.45) is -0.455. The highest BCUT2D eigenvalue weighted by Gasteiger charge is 2.28. The van der Waals surface area contributed by atoms with E-state index in [1.165, 1.54) is 18.2 Å². The molecule has 0 aromatic carbocycles. The first-order chi connectivity index (χ1) is 11.3. The number of ether oxygens (including phenoxy) is 2. The molecular formula is C16H21F3N2O3. The van der Waals surface area contributed by atoms with Crippen LogP contribution < -0.4 is 10.1 Å². The molecule has 24 heavy (non-hydrogen) atoms. The average molecular weight is 346 g/mol. The van der Waals surface area contributed by atoms with Crippen LogP contribution in [0.3, 0.4) is 0 Å².